The summed E-state index contributed by atoms with van der Waals surface area (Å²) >= 11 is 0. The van der Waals surface area contributed by atoms with E-state index >= 15 is 0 Å². The van der Waals surface area contributed by atoms with Crippen molar-refractivity contribution in [1.29, 1.82) is 0 Å². The van der Waals surface area contributed by atoms with Gasteiger partial charge in [-0.05, 0) is 27.7 Å². The van der Waals surface area contributed by atoms with Gasteiger partial charge in [0.25, 0.3) is 0 Å². The van der Waals surface area contributed by atoms with Crippen molar-refractivity contribution in [1.82, 2.24) is 10.2 Å². The van der Waals surface area contributed by atoms with Crippen LogP contribution >= 0.6 is 0 Å². The third-order valence-electron chi connectivity index (χ3n) is 3.57. The van der Waals surface area contributed by atoms with Crippen LogP contribution in [-0.2, 0) is 14.3 Å². The maximum Gasteiger partial charge on any atom is 0.317 e. The lowest BCUT2D eigenvalue weighted by molar-refractivity contribution is -0.142. The molecule has 21 heavy (non-hydrogen) atoms. The Morgan fingerprint density at radius 3 is 2.57 bits per heavy atom. The molecule has 1 saturated heterocycles. The molecule has 2 amide bonds. The SMILES string of the molecule is CCOC(C)(C)CNC(=O)N(CC)C1COCC1C(=O)O. The second-order valence-corrected chi connectivity index (χ2v) is 5.69. The summed E-state index contributed by atoms with van der Waals surface area (Å²) in [5, 5.41) is 12.0. The summed E-state index contributed by atoms with van der Waals surface area (Å²) in [4.78, 5) is 25.0. The zero-order chi connectivity index (χ0) is 16.0. The Hall–Kier alpha value is -1.34. The fourth-order valence-electron chi connectivity index (χ4n) is 2.45. The Labute approximate surface area is 125 Å². The highest BCUT2D eigenvalue weighted by molar-refractivity contribution is 5.77. The van der Waals surface area contributed by atoms with Gasteiger partial charge in [-0.3, -0.25) is 4.79 Å². The molecule has 0 aromatic heterocycles. The topological polar surface area (TPSA) is 88.1 Å². The lowest BCUT2D eigenvalue weighted by Crippen LogP contribution is -2.53. The van der Waals surface area contributed by atoms with Gasteiger partial charge < -0.3 is 24.8 Å². The summed E-state index contributed by atoms with van der Waals surface area (Å²) in [5.41, 5.74) is -0.456. The van der Waals surface area contributed by atoms with Gasteiger partial charge in [-0.15, -0.1) is 0 Å². The molecule has 0 saturated carbocycles. The predicted molar refractivity (Wildman–Crippen MR) is 77.2 cm³/mol. The van der Waals surface area contributed by atoms with Gasteiger partial charge in [0.05, 0.1) is 24.9 Å². The van der Waals surface area contributed by atoms with E-state index in [2.05, 4.69) is 5.32 Å². The summed E-state index contributed by atoms with van der Waals surface area (Å²) in [6.45, 7) is 9.27. The number of carboxylic acid groups (broad SMARTS) is 1. The number of aliphatic carboxylic acids is 1. The van der Waals surface area contributed by atoms with Crippen LogP contribution in [0.5, 0.6) is 0 Å². The van der Waals surface area contributed by atoms with Crippen LogP contribution in [0.1, 0.15) is 27.7 Å². The predicted octanol–water partition coefficient (Wildman–Crippen LogP) is 0.933. The van der Waals surface area contributed by atoms with Crippen molar-refractivity contribution in [3.63, 3.8) is 0 Å². The molecule has 2 unspecified atom stereocenters. The molecule has 0 aromatic rings. The van der Waals surface area contributed by atoms with E-state index in [1.165, 1.54) is 4.90 Å². The van der Waals surface area contributed by atoms with E-state index in [0.717, 1.165) is 0 Å². The first-order valence-electron chi connectivity index (χ1n) is 7.31. The number of hydrogen-bond acceptors (Lipinski definition) is 4. The van der Waals surface area contributed by atoms with Gasteiger partial charge in [0.15, 0.2) is 0 Å². The van der Waals surface area contributed by atoms with E-state index in [9.17, 15) is 14.7 Å². The smallest absolute Gasteiger partial charge is 0.317 e. The second kappa shape index (κ2) is 7.61. The average Bonchev–Trinajstić information content (AvgIpc) is 2.86. The van der Waals surface area contributed by atoms with Gasteiger partial charge in [-0.2, -0.15) is 0 Å². The molecular formula is C14H26N2O5. The molecule has 1 rings (SSSR count). The molecule has 1 fully saturated rings. The molecule has 0 spiro atoms. The van der Waals surface area contributed by atoms with Gasteiger partial charge in [0, 0.05) is 19.7 Å². The Morgan fingerprint density at radius 2 is 2.05 bits per heavy atom. The molecule has 2 atom stereocenters. The van der Waals surface area contributed by atoms with Crippen LogP contribution < -0.4 is 5.32 Å². The van der Waals surface area contributed by atoms with Gasteiger partial charge in [0.1, 0.15) is 5.92 Å². The maximum atomic E-state index is 12.3. The van der Waals surface area contributed by atoms with Crippen LogP contribution in [0, 0.1) is 5.92 Å². The third kappa shape index (κ3) is 4.86. The summed E-state index contributed by atoms with van der Waals surface area (Å²) in [5.74, 6) is -1.60. The molecule has 0 aliphatic carbocycles. The third-order valence-corrected chi connectivity index (χ3v) is 3.57. The molecule has 1 heterocycles. The van der Waals surface area contributed by atoms with Crippen molar-refractivity contribution >= 4 is 12.0 Å². The Kier molecular flexibility index (Phi) is 6.42. The Balaban J connectivity index is 2.63. The van der Waals surface area contributed by atoms with Crippen LogP contribution in [0.15, 0.2) is 0 Å². The number of ether oxygens (including phenoxy) is 2. The first kappa shape index (κ1) is 17.7. The van der Waals surface area contributed by atoms with Gasteiger partial charge in [-0.1, -0.05) is 0 Å². The van der Waals surface area contributed by atoms with E-state index in [1.54, 1.807) is 0 Å². The number of urea groups is 1. The lowest BCUT2D eigenvalue weighted by Gasteiger charge is -2.31. The van der Waals surface area contributed by atoms with Gasteiger partial charge in [0.2, 0.25) is 0 Å². The zero-order valence-corrected chi connectivity index (χ0v) is 13.2. The highest BCUT2D eigenvalue weighted by Gasteiger charge is 2.39. The minimum absolute atomic E-state index is 0.147. The zero-order valence-electron chi connectivity index (χ0n) is 13.2. The normalized spacial score (nSPS) is 22.1. The van der Waals surface area contributed by atoms with E-state index in [4.69, 9.17) is 9.47 Å². The van der Waals surface area contributed by atoms with Gasteiger partial charge in [-0.25, -0.2) is 4.79 Å². The second-order valence-electron chi connectivity index (χ2n) is 5.69. The Bertz CT molecular complexity index is 372. The number of hydrogen-bond donors (Lipinski definition) is 2. The van der Waals surface area contributed by atoms with Crippen molar-refractivity contribution in [2.45, 2.75) is 39.3 Å². The minimum Gasteiger partial charge on any atom is -0.481 e. The highest BCUT2D eigenvalue weighted by Crippen LogP contribution is 2.20. The maximum absolute atomic E-state index is 12.3. The number of nitrogens with zero attached hydrogens (tertiary/aromatic N) is 1. The van der Waals surface area contributed by atoms with Gasteiger partial charge >= 0.3 is 12.0 Å². The molecule has 0 aromatic carbocycles. The van der Waals surface area contributed by atoms with Crippen LogP contribution in [0.25, 0.3) is 0 Å². The summed E-state index contributed by atoms with van der Waals surface area (Å²) in [7, 11) is 0. The van der Waals surface area contributed by atoms with E-state index in [0.29, 0.717) is 19.7 Å². The summed E-state index contributed by atoms with van der Waals surface area (Å²) in [6, 6.07) is -0.713. The molecule has 2 N–H and O–H groups in total. The summed E-state index contributed by atoms with van der Waals surface area (Å²) < 4.78 is 10.7. The van der Waals surface area contributed by atoms with Crippen molar-refractivity contribution in [3.05, 3.63) is 0 Å². The number of rotatable bonds is 7. The largest absolute Gasteiger partial charge is 0.481 e. The van der Waals surface area contributed by atoms with Crippen LogP contribution in [-0.4, -0.2) is 66.6 Å². The first-order valence-corrected chi connectivity index (χ1v) is 7.31. The molecule has 122 valence electrons. The fraction of sp³-hybridized carbons (Fsp3) is 0.857. The van der Waals surface area contributed by atoms with E-state index in [-0.39, 0.29) is 19.2 Å². The molecule has 1 aliphatic rings. The fourth-order valence-corrected chi connectivity index (χ4v) is 2.45. The number of nitrogens with one attached hydrogen (secondary N) is 1. The molecule has 0 bridgehead atoms. The first-order chi connectivity index (χ1) is 9.82. The summed E-state index contributed by atoms with van der Waals surface area (Å²) in [6.07, 6.45) is 0. The van der Waals surface area contributed by atoms with Crippen molar-refractivity contribution < 1.29 is 24.2 Å². The number of carbonyl (C=O) groups excluding carboxylic acids is 1. The highest BCUT2D eigenvalue weighted by atomic mass is 16.5. The van der Waals surface area contributed by atoms with E-state index in [1.807, 2.05) is 27.7 Å². The van der Waals surface area contributed by atoms with Crippen molar-refractivity contribution in [3.8, 4) is 0 Å². The average molecular weight is 302 g/mol. The monoisotopic (exact) mass is 302 g/mol. The number of likely N-dealkylation sites (N-methyl/N-ethyl adjacent to an activating group) is 1. The van der Waals surface area contributed by atoms with Crippen molar-refractivity contribution in [2.75, 3.05) is 32.9 Å². The molecule has 7 heteroatoms. The standard InChI is InChI=1S/C14H26N2O5/c1-5-16(11-8-20-7-10(11)12(17)18)13(19)15-9-14(3,4)21-6-2/h10-11H,5-9H2,1-4H3,(H,15,19)(H,17,18). The molecule has 7 nitrogen and oxygen atoms in total. The molecular weight excluding hydrogens is 276 g/mol. The van der Waals surface area contributed by atoms with Crippen LogP contribution in [0.2, 0.25) is 0 Å². The number of carbonyl (C=O) groups is 2. The van der Waals surface area contributed by atoms with E-state index < -0.39 is 23.5 Å². The molecule has 0 radical (unpaired) electrons. The molecule has 1 aliphatic heterocycles. The van der Waals surface area contributed by atoms with Crippen molar-refractivity contribution in [2.24, 2.45) is 5.92 Å². The lowest BCUT2D eigenvalue weighted by atomic mass is 10.0. The van der Waals surface area contributed by atoms with Crippen LogP contribution in [0.3, 0.4) is 0 Å². The van der Waals surface area contributed by atoms with Crippen LogP contribution in [0.4, 0.5) is 4.79 Å². The number of amides is 2. The quantitative estimate of drug-likeness (QED) is 0.730. The Morgan fingerprint density at radius 1 is 1.38 bits per heavy atom. The minimum atomic E-state index is -0.932. The number of carboxylic acids is 1.